The molecule has 0 radical (unpaired) electrons. The molecule has 0 spiro atoms. The van der Waals surface area contributed by atoms with E-state index in [-0.39, 0.29) is 5.41 Å². The van der Waals surface area contributed by atoms with E-state index in [2.05, 4.69) is 300 Å². The lowest BCUT2D eigenvalue weighted by atomic mass is 9.68. The van der Waals surface area contributed by atoms with Gasteiger partial charge in [-0.1, -0.05) is 231 Å². The molecule has 5 nitrogen and oxygen atoms in total. The van der Waals surface area contributed by atoms with Gasteiger partial charge in [-0.3, -0.25) is 0 Å². The molecule has 2 aliphatic carbocycles. The van der Waals surface area contributed by atoms with Crippen molar-refractivity contribution < 1.29 is 4.74 Å². The van der Waals surface area contributed by atoms with E-state index in [0.717, 1.165) is 95.5 Å². The minimum atomic E-state index is -0.521. The summed E-state index contributed by atoms with van der Waals surface area (Å²) in [5.41, 5.74) is 30.0. The normalized spacial score (nSPS) is 15.9. The van der Waals surface area contributed by atoms with Crippen LogP contribution in [-0.2, 0) is 16.2 Å². The van der Waals surface area contributed by atoms with Crippen LogP contribution in [0, 0.1) is 0 Å². The highest BCUT2D eigenvalue weighted by molar-refractivity contribution is 6.11. The molecule has 1 aliphatic heterocycles. The first-order valence-electron chi connectivity index (χ1n) is 30.8. The quantitative estimate of drug-likeness (QED) is 0.139. The first kappa shape index (κ1) is 57.5. The zero-order valence-electron chi connectivity index (χ0n) is 51.9. The van der Waals surface area contributed by atoms with Crippen LogP contribution in [0.3, 0.4) is 0 Å². The Bertz CT molecular complexity index is 4610. The lowest BCUT2D eigenvalue weighted by Gasteiger charge is -2.36. The second-order valence-corrected chi connectivity index (χ2v) is 24.9. The van der Waals surface area contributed by atoms with Gasteiger partial charge in [0.25, 0.3) is 0 Å². The van der Waals surface area contributed by atoms with E-state index in [9.17, 15) is 0 Å². The summed E-state index contributed by atoms with van der Waals surface area (Å²) in [7, 11) is 0. The summed E-state index contributed by atoms with van der Waals surface area (Å²) >= 11 is 0. The van der Waals surface area contributed by atoms with E-state index >= 15 is 0 Å². The van der Waals surface area contributed by atoms with Crippen molar-refractivity contribution >= 4 is 73.3 Å². The minimum Gasteiger partial charge on any atom is -0.462 e. The molecule has 11 aromatic rings. The number of allylic oxidation sites excluding steroid dienone is 10. The van der Waals surface area contributed by atoms with Crippen LogP contribution < -0.4 is 20.3 Å². The van der Waals surface area contributed by atoms with Crippen LogP contribution >= 0.6 is 0 Å². The van der Waals surface area contributed by atoms with Gasteiger partial charge in [-0.05, 0) is 166 Å². The highest BCUT2D eigenvalue weighted by Gasteiger charge is 2.43. The number of nitrogens with two attached hydrogens (primary N) is 1. The number of anilines is 7. The van der Waals surface area contributed by atoms with E-state index in [0.29, 0.717) is 0 Å². The summed E-state index contributed by atoms with van der Waals surface area (Å²) < 4.78 is 9.42. The van der Waals surface area contributed by atoms with Crippen LogP contribution in [0.15, 0.2) is 315 Å². The Morgan fingerprint density at radius 1 is 0.472 bits per heavy atom. The van der Waals surface area contributed by atoms with Gasteiger partial charge in [0.05, 0.1) is 23.0 Å². The Labute approximate surface area is 525 Å². The van der Waals surface area contributed by atoms with Gasteiger partial charge in [0.2, 0.25) is 0 Å². The largest absolute Gasteiger partial charge is 0.462 e. The highest BCUT2D eigenvalue weighted by Crippen LogP contribution is 2.56. The van der Waals surface area contributed by atoms with E-state index in [4.69, 9.17) is 17.0 Å². The minimum absolute atomic E-state index is 0.205. The number of rotatable bonds is 10. The summed E-state index contributed by atoms with van der Waals surface area (Å²) in [6.45, 7) is 25.6. The van der Waals surface area contributed by atoms with Crippen molar-refractivity contribution in [1.29, 1.82) is 0 Å². The van der Waals surface area contributed by atoms with Crippen molar-refractivity contribution in [3.63, 3.8) is 0 Å². The second kappa shape index (κ2) is 23.2. The molecule has 14 rings (SSSR count). The Balaban J connectivity index is 0.000000233. The third-order valence-electron chi connectivity index (χ3n) is 18.5. The maximum Gasteiger partial charge on any atom is 0.155 e. The summed E-state index contributed by atoms with van der Waals surface area (Å²) in [6, 6.07) is 85.4. The molecule has 0 saturated heterocycles. The van der Waals surface area contributed by atoms with Gasteiger partial charge in [0.15, 0.2) is 5.75 Å². The fourth-order valence-electron chi connectivity index (χ4n) is 14.0. The van der Waals surface area contributed by atoms with Crippen LogP contribution in [-0.4, -0.2) is 4.57 Å². The van der Waals surface area contributed by atoms with Crippen LogP contribution in [0.2, 0.25) is 0 Å². The molecule has 5 heteroatoms. The maximum atomic E-state index is 6.99. The molecule has 10 aromatic carbocycles. The summed E-state index contributed by atoms with van der Waals surface area (Å²) in [6.07, 6.45) is 14.8. The van der Waals surface area contributed by atoms with Crippen LogP contribution in [0.4, 0.5) is 39.8 Å². The number of para-hydroxylation sites is 5. The Morgan fingerprint density at radius 3 is 1.60 bits per heavy atom. The summed E-state index contributed by atoms with van der Waals surface area (Å²) in [4.78, 5) is 4.57. The molecule has 0 unspecified atom stereocenters. The molecular formula is C84H74N4O. The molecular weight excluding hydrogens is 1080 g/mol. The number of ether oxygens (including phenoxy) is 1. The van der Waals surface area contributed by atoms with E-state index in [1.807, 2.05) is 54.8 Å². The Morgan fingerprint density at radius 2 is 1.00 bits per heavy atom. The van der Waals surface area contributed by atoms with E-state index in [1.54, 1.807) is 0 Å². The van der Waals surface area contributed by atoms with Crippen molar-refractivity contribution in [2.75, 3.05) is 15.5 Å². The second-order valence-electron chi connectivity index (χ2n) is 24.9. The molecule has 2 heterocycles. The monoisotopic (exact) mass is 1150 g/mol. The number of hydrogen-bond acceptors (Lipinski definition) is 4. The standard InChI is InChI=1S/C60H54N2O.C24H20N2/c1-10-49-46(55-40(3)44-28-17-19-30-50(44)60(55,8)9)33-34-47-51(59(49,6)7)38-54(57-56(47)58(4,5)39(2)23-21-22-36-63-57)62-52-31-20-18-29-45(52)48-37-43(32-35-53(48)62)61(41-24-13-11-14-25-41)42-26-15-12-16-27-42;25-24-17-16-22(18-23(24)19-10-4-1-5-11-19)26(20-12-6-2-7-13-20)21-14-8-3-9-15-21/h10-38H,1-2H2,3-9H3;1-18H,25H2/b23-21-,36-22-;. The number of nitrogens with zero attached hydrogens (tertiary/aromatic N) is 3. The predicted octanol–water partition coefficient (Wildman–Crippen LogP) is 22.5. The van der Waals surface area contributed by atoms with Crippen molar-refractivity contribution in [1.82, 2.24) is 4.57 Å². The molecule has 0 amide bonds. The number of aromatic nitrogens is 1. The van der Waals surface area contributed by atoms with Gasteiger partial charge >= 0.3 is 0 Å². The summed E-state index contributed by atoms with van der Waals surface area (Å²) in [5, 5.41) is 2.33. The molecule has 0 fully saturated rings. The molecule has 89 heavy (non-hydrogen) atoms. The topological polar surface area (TPSA) is 46.7 Å². The fraction of sp³-hybridized carbons (Fsp3) is 0.119. The van der Waals surface area contributed by atoms with Crippen molar-refractivity contribution in [3.05, 3.63) is 343 Å². The molecule has 1 aromatic heterocycles. The van der Waals surface area contributed by atoms with Crippen molar-refractivity contribution in [2.24, 2.45) is 0 Å². The van der Waals surface area contributed by atoms with Gasteiger partial charge < -0.3 is 24.8 Å². The van der Waals surface area contributed by atoms with Crippen molar-refractivity contribution in [2.45, 2.75) is 64.7 Å². The fourth-order valence-corrected chi connectivity index (χ4v) is 14.0. The average molecular weight is 1160 g/mol. The lowest BCUT2D eigenvalue weighted by Crippen LogP contribution is -2.28. The van der Waals surface area contributed by atoms with Gasteiger partial charge in [0, 0.05) is 78.0 Å². The summed E-state index contributed by atoms with van der Waals surface area (Å²) in [5.74, 6) is 0.815. The lowest BCUT2D eigenvalue weighted by molar-refractivity contribution is 0.457. The smallest absolute Gasteiger partial charge is 0.155 e. The average Bonchev–Trinajstić information content (AvgIpc) is 1.66. The van der Waals surface area contributed by atoms with Crippen molar-refractivity contribution in [3.8, 4) is 22.6 Å². The van der Waals surface area contributed by atoms with E-state index in [1.165, 1.54) is 44.4 Å². The van der Waals surface area contributed by atoms with Gasteiger partial charge in [0.1, 0.15) is 0 Å². The number of hydrogen-bond donors (Lipinski definition) is 1. The number of benzene rings is 10. The SMILES string of the molecule is C=CC1=C(C2=C(C)c3ccccc3C2(C)C)C=Cc2c(cc(-n3c4ccccc4c4cc(N(c5ccccc5)c5ccccc5)ccc43)c3c2C(C)(C)C(=C)/C=C\C=C/O3)C1(C)C.Nc1ccc(N(c2ccccc2)c2ccccc2)cc1-c1ccccc1. The van der Waals surface area contributed by atoms with Crippen LogP contribution in [0.1, 0.15) is 76.3 Å². The van der Waals surface area contributed by atoms with E-state index < -0.39 is 10.8 Å². The van der Waals surface area contributed by atoms with Gasteiger partial charge in [-0.2, -0.15) is 0 Å². The van der Waals surface area contributed by atoms with Gasteiger partial charge in [-0.15, -0.1) is 0 Å². The Kier molecular flexibility index (Phi) is 15.0. The Hall–Kier alpha value is -10.6. The first-order valence-corrected chi connectivity index (χ1v) is 30.8. The third kappa shape index (κ3) is 10.1. The predicted molar refractivity (Wildman–Crippen MR) is 379 cm³/mol. The highest BCUT2D eigenvalue weighted by atomic mass is 16.5. The molecule has 3 aliphatic rings. The zero-order valence-corrected chi connectivity index (χ0v) is 51.9. The third-order valence-corrected chi connectivity index (χ3v) is 18.5. The maximum absolute atomic E-state index is 6.99. The molecule has 0 saturated carbocycles. The van der Waals surface area contributed by atoms with Crippen LogP contribution in [0.25, 0.3) is 50.3 Å². The molecule has 0 bridgehead atoms. The number of fused-ring (bicyclic) bond motifs is 7. The first-order chi connectivity index (χ1) is 43.2. The number of nitrogen functional groups attached to an aromatic ring is 1. The molecule has 2 N–H and O–H groups in total. The van der Waals surface area contributed by atoms with Gasteiger partial charge in [-0.25, -0.2) is 0 Å². The molecule has 436 valence electrons. The molecule has 0 atom stereocenters. The zero-order chi connectivity index (χ0) is 61.6. The van der Waals surface area contributed by atoms with Crippen LogP contribution in [0.5, 0.6) is 5.75 Å².